The van der Waals surface area contributed by atoms with Crippen LogP contribution in [0.2, 0.25) is 0 Å². The number of hydrogen-bond donors (Lipinski definition) is 0. The summed E-state index contributed by atoms with van der Waals surface area (Å²) in [6.45, 7) is 0.0969. The van der Waals surface area contributed by atoms with Gasteiger partial charge in [-0.1, -0.05) is 0 Å². The molecule has 0 aliphatic rings. The molecule has 0 unspecified atom stereocenters. The van der Waals surface area contributed by atoms with E-state index in [1.165, 1.54) is 22.8 Å². The van der Waals surface area contributed by atoms with E-state index in [0.29, 0.717) is 15.6 Å². The molecular weight excluding hydrogens is 299 g/mol. The van der Waals surface area contributed by atoms with Crippen molar-refractivity contribution in [2.75, 3.05) is 0 Å². The van der Waals surface area contributed by atoms with Gasteiger partial charge in [0.05, 0.1) is 22.7 Å². The first-order chi connectivity index (χ1) is 8.61. The molecule has 2 aromatic rings. The van der Waals surface area contributed by atoms with Crippen LogP contribution in [0.3, 0.4) is 0 Å². The summed E-state index contributed by atoms with van der Waals surface area (Å²) in [5, 5.41) is 8.77. The number of nitrogens with zero attached hydrogens (tertiary/aromatic N) is 2. The van der Waals surface area contributed by atoms with Crippen molar-refractivity contribution >= 4 is 15.9 Å². The molecule has 2 rings (SSSR count). The lowest BCUT2D eigenvalue weighted by atomic mass is 10.1. The highest BCUT2D eigenvalue weighted by atomic mass is 79.9. The topological polar surface area (TPSA) is 45.8 Å². The summed E-state index contributed by atoms with van der Waals surface area (Å²) in [5.74, 6) is -0.430. The predicted molar refractivity (Wildman–Crippen MR) is 68.6 cm³/mol. The minimum absolute atomic E-state index is 0.0969. The van der Waals surface area contributed by atoms with E-state index in [1.807, 2.05) is 6.07 Å². The maximum atomic E-state index is 13.6. The molecule has 1 aromatic heterocycles. The summed E-state index contributed by atoms with van der Waals surface area (Å²) in [5.41, 5.74) is 0.447. The second-order valence-corrected chi connectivity index (χ2v) is 4.56. The van der Waals surface area contributed by atoms with Gasteiger partial charge in [0.2, 0.25) is 0 Å². The highest BCUT2D eigenvalue weighted by Gasteiger charge is 2.06. The van der Waals surface area contributed by atoms with E-state index in [1.54, 1.807) is 18.3 Å². The number of pyridine rings is 1. The van der Waals surface area contributed by atoms with Gasteiger partial charge < -0.3 is 4.57 Å². The fourth-order valence-electron chi connectivity index (χ4n) is 1.58. The molecule has 0 N–H and O–H groups in total. The summed E-state index contributed by atoms with van der Waals surface area (Å²) < 4.78 is 15.4. The van der Waals surface area contributed by atoms with Crippen LogP contribution in [0.25, 0.3) is 0 Å². The van der Waals surface area contributed by atoms with Crippen molar-refractivity contribution in [3.63, 3.8) is 0 Å². The smallest absolute Gasteiger partial charge is 0.265 e. The van der Waals surface area contributed by atoms with Crippen LogP contribution in [0, 0.1) is 17.1 Å². The largest absolute Gasteiger partial charge is 0.310 e. The SMILES string of the molecule is N#Cc1ccc(F)c(Cn2cccc(Br)c2=O)c1. The van der Waals surface area contributed by atoms with E-state index in [4.69, 9.17) is 5.26 Å². The second kappa shape index (κ2) is 5.15. The van der Waals surface area contributed by atoms with E-state index in [0.717, 1.165) is 0 Å². The van der Waals surface area contributed by atoms with Crippen LogP contribution in [-0.4, -0.2) is 4.57 Å². The Morgan fingerprint density at radius 1 is 1.39 bits per heavy atom. The predicted octanol–water partition coefficient (Wildman–Crippen LogP) is 2.67. The van der Waals surface area contributed by atoms with Crippen molar-refractivity contribution < 1.29 is 4.39 Å². The van der Waals surface area contributed by atoms with E-state index >= 15 is 0 Å². The van der Waals surface area contributed by atoms with Crippen molar-refractivity contribution in [2.45, 2.75) is 6.54 Å². The average molecular weight is 307 g/mol. The van der Waals surface area contributed by atoms with Crippen molar-refractivity contribution in [2.24, 2.45) is 0 Å². The standard InChI is InChI=1S/C13H8BrFN2O/c14-11-2-1-5-17(13(11)18)8-10-6-9(7-16)3-4-12(10)15/h1-6H,8H2. The molecule has 1 heterocycles. The molecule has 0 amide bonds. The van der Waals surface area contributed by atoms with Gasteiger partial charge in [-0.15, -0.1) is 0 Å². The Morgan fingerprint density at radius 3 is 2.89 bits per heavy atom. The molecule has 0 radical (unpaired) electrons. The summed E-state index contributed by atoms with van der Waals surface area (Å²) >= 11 is 3.13. The molecule has 0 spiro atoms. The lowest BCUT2D eigenvalue weighted by Crippen LogP contribution is -2.20. The highest BCUT2D eigenvalue weighted by molar-refractivity contribution is 9.10. The Kier molecular flexibility index (Phi) is 3.58. The van der Waals surface area contributed by atoms with Gasteiger partial charge in [0.15, 0.2) is 0 Å². The Balaban J connectivity index is 2.43. The van der Waals surface area contributed by atoms with Gasteiger partial charge in [-0.3, -0.25) is 4.79 Å². The summed E-state index contributed by atoms with van der Waals surface area (Å²) in [6.07, 6.45) is 1.57. The number of aromatic nitrogens is 1. The fraction of sp³-hybridized carbons (Fsp3) is 0.0769. The molecule has 5 heteroatoms. The summed E-state index contributed by atoms with van der Waals surface area (Å²) in [7, 11) is 0. The Hall–Kier alpha value is -1.93. The number of hydrogen-bond acceptors (Lipinski definition) is 2. The molecule has 90 valence electrons. The first kappa shape index (κ1) is 12.5. The van der Waals surface area contributed by atoms with Gasteiger partial charge in [0.1, 0.15) is 5.82 Å². The molecule has 3 nitrogen and oxygen atoms in total. The average Bonchev–Trinajstić information content (AvgIpc) is 2.37. The van der Waals surface area contributed by atoms with Gasteiger partial charge in [-0.25, -0.2) is 4.39 Å². The minimum Gasteiger partial charge on any atom is -0.310 e. The van der Waals surface area contributed by atoms with Crippen LogP contribution in [0.4, 0.5) is 4.39 Å². The quantitative estimate of drug-likeness (QED) is 0.856. The minimum atomic E-state index is -0.430. The zero-order chi connectivity index (χ0) is 13.1. The van der Waals surface area contributed by atoms with Gasteiger partial charge in [-0.2, -0.15) is 5.26 Å². The summed E-state index contributed by atoms with van der Waals surface area (Å²) in [4.78, 5) is 11.8. The number of rotatable bonds is 2. The first-order valence-corrected chi connectivity index (χ1v) is 5.94. The molecule has 0 aliphatic heterocycles. The van der Waals surface area contributed by atoms with Crippen molar-refractivity contribution in [1.29, 1.82) is 5.26 Å². The molecule has 0 aliphatic carbocycles. The normalized spacial score (nSPS) is 10.1. The summed E-state index contributed by atoms with van der Waals surface area (Å²) in [6, 6.07) is 9.35. The zero-order valence-corrected chi connectivity index (χ0v) is 10.8. The van der Waals surface area contributed by atoms with Crippen LogP contribution >= 0.6 is 15.9 Å². The second-order valence-electron chi connectivity index (χ2n) is 3.71. The van der Waals surface area contributed by atoms with Crippen LogP contribution in [-0.2, 0) is 6.54 Å². The van der Waals surface area contributed by atoms with E-state index in [2.05, 4.69) is 15.9 Å². The molecule has 0 saturated heterocycles. The fourth-order valence-corrected chi connectivity index (χ4v) is 1.96. The molecule has 1 aromatic carbocycles. The third-order valence-corrected chi connectivity index (χ3v) is 3.09. The lowest BCUT2D eigenvalue weighted by Gasteiger charge is -2.07. The third-order valence-electron chi connectivity index (χ3n) is 2.49. The van der Waals surface area contributed by atoms with Crippen LogP contribution in [0.5, 0.6) is 0 Å². The van der Waals surface area contributed by atoms with Crippen molar-refractivity contribution in [1.82, 2.24) is 4.57 Å². The van der Waals surface area contributed by atoms with E-state index in [-0.39, 0.29) is 12.1 Å². The van der Waals surface area contributed by atoms with Gasteiger partial charge in [-0.05, 0) is 46.3 Å². The zero-order valence-electron chi connectivity index (χ0n) is 9.23. The third kappa shape index (κ3) is 2.49. The molecule has 0 bridgehead atoms. The van der Waals surface area contributed by atoms with E-state index in [9.17, 15) is 9.18 Å². The molecule has 18 heavy (non-hydrogen) atoms. The Morgan fingerprint density at radius 2 is 2.17 bits per heavy atom. The van der Waals surface area contributed by atoms with Crippen molar-refractivity contribution in [3.05, 3.63) is 68.3 Å². The van der Waals surface area contributed by atoms with Gasteiger partial charge >= 0.3 is 0 Å². The molecule has 0 fully saturated rings. The van der Waals surface area contributed by atoms with Gasteiger partial charge in [0, 0.05) is 11.8 Å². The Labute approximate surface area is 111 Å². The number of nitriles is 1. The molecule has 0 saturated carbocycles. The lowest BCUT2D eigenvalue weighted by molar-refractivity contribution is 0.595. The first-order valence-electron chi connectivity index (χ1n) is 5.15. The molecule has 0 atom stereocenters. The Bertz CT molecular complexity index is 688. The monoisotopic (exact) mass is 306 g/mol. The number of benzene rings is 1. The van der Waals surface area contributed by atoms with Crippen molar-refractivity contribution in [3.8, 4) is 6.07 Å². The van der Waals surface area contributed by atoms with Crippen LogP contribution in [0.15, 0.2) is 45.8 Å². The maximum absolute atomic E-state index is 13.6. The van der Waals surface area contributed by atoms with Gasteiger partial charge in [0.25, 0.3) is 5.56 Å². The maximum Gasteiger partial charge on any atom is 0.265 e. The van der Waals surface area contributed by atoms with E-state index < -0.39 is 5.82 Å². The van der Waals surface area contributed by atoms with Crippen LogP contribution < -0.4 is 5.56 Å². The molecular formula is C13H8BrFN2O. The van der Waals surface area contributed by atoms with Crippen LogP contribution in [0.1, 0.15) is 11.1 Å². The number of halogens is 2. The highest BCUT2D eigenvalue weighted by Crippen LogP contribution is 2.11.